The summed E-state index contributed by atoms with van der Waals surface area (Å²) in [5, 5.41) is 7.14. The first-order chi connectivity index (χ1) is 9.16. The minimum absolute atomic E-state index is 0.139. The number of para-hydroxylation sites is 1. The fourth-order valence-electron chi connectivity index (χ4n) is 2.02. The fraction of sp³-hybridized carbons (Fsp3) is 0.286. The second-order valence-electron chi connectivity index (χ2n) is 4.89. The molecule has 1 aliphatic carbocycles. The third kappa shape index (κ3) is 2.19. The van der Waals surface area contributed by atoms with Crippen LogP contribution in [0, 0.1) is 6.92 Å². The molecule has 98 valence electrons. The van der Waals surface area contributed by atoms with Crippen LogP contribution in [-0.2, 0) is 0 Å². The Bertz CT molecular complexity index is 628. The Morgan fingerprint density at radius 2 is 2.16 bits per heavy atom. The molecule has 0 radical (unpaired) electrons. The number of hydrogen-bond donors (Lipinski definition) is 2. The molecule has 1 aliphatic rings. The van der Waals surface area contributed by atoms with Gasteiger partial charge in [-0.05, 0) is 31.4 Å². The number of carbonyl (C=O) groups excluding carboxylic acids is 1. The summed E-state index contributed by atoms with van der Waals surface area (Å²) in [6.45, 7) is 1.99. The number of rotatable bonds is 3. The standard InChI is InChI=1S/C14H16N4O/c1-9-4-2-3-5-12(9)18-13(15)11(8-16-18)14(19)17-10-6-7-10/h2-5,8,10H,6-7,15H2,1H3,(H,17,19). The van der Waals surface area contributed by atoms with Crippen molar-refractivity contribution >= 4 is 11.7 Å². The van der Waals surface area contributed by atoms with E-state index in [-0.39, 0.29) is 5.91 Å². The van der Waals surface area contributed by atoms with Crippen molar-refractivity contribution in [3.05, 3.63) is 41.6 Å². The number of aryl methyl sites for hydroxylation is 1. The molecule has 3 rings (SSSR count). The number of nitrogens with one attached hydrogen (secondary N) is 1. The Morgan fingerprint density at radius 1 is 1.42 bits per heavy atom. The number of aromatic nitrogens is 2. The largest absolute Gasteiger partial charge is 0.383 e. The smallest absolute Gasteiger partial charge is 0.256 e. The highest BCUT2D eigenvalue weighted by Crippen LogP contribution is 2.22. The maximum atomic E-state index is 12.0. The van der Waals surface area contributed by atoms with Crippen LogP contribution in [0.1, 0.15) is 28.8 Å². The number of nitrogens with two attached hydrogens (primary N) is 1. The second kappa shape index (κ2) is 4.42. The van der Waals surface area contributed by atoms with Crippen molar-refractivity contribution in [1.29, 1.82) is 0 Å². The van der Waals surface area contributed by atoms with Crippen LogP contribution in [0.15, 0.2) is 30.5 Å². The van der Waals surface area contributed by atoms with Crippen molar-refractivity contribution in [2.75, 3.05) is 5.73 Å². The highest BCUT2D eigenvalue weighted by atomic mass is 16.1. The van der Waals surface area contributed by atoms with E-state index >= 15 is 0 Å². The molecule has 0 bridgehead atoms. The summed E-state index contributed by atoms with van der Waals surface area (Å²) in [5.41, 5.74) is 8.44. The van der Waals surface area contributed by atoms with E-state index in [1.807, 2.05) is 31.2 Å². The maximum Gasteiger partial charge on any atom is 0.256 e. The van der Waals surface area contributed by atoms with E-state index in [0.717, 1.165) is 24.1 Å². The SMILES string of the molecule is Cc1ccccc1-n1ncc(C(=O)NC2CC2)c1N. The van der Waals surface area contributed by atoms with Gasteiger partial charge in [0.05, 0.1) is 11.9 Å². The van der Waals surface area contributed by atoms with Gasteiger partial charge in [0.2, 0.25) is 0 Å². The van der Waals surface area contributed by atoms with Crippen LogP contribution >= 0.6 is 0 Å². The molecule has 0 unspecified atom stereocenters. The molecule has 1 aromatic heterocycles. The Balaban J connectivity index is 1.94. The van der Waals surface area contributed by atoms with Gasteiger partial charge in [0, 0.05) is 6.04 Å². The third-order valence-corrected chi connectivity index (χ3v) is 3.31. The first-order valence-corrected chi connectivity index (χ1v) is 6.37. The Hall–Kier alpha value is -2.30. The van der Waals surface area contributed by atoms with Gasteiger partial charge in [-0.3, -0.25) is 4.79 Å². The molecule has 1 amide bonds. The molecule has 1 saturated carbocycles. The van der Waals surface area contributed by atoms with E-state index in [9.17, 15) is 4.79 Å². The Morgan fingerprint density at radius 3 is 2.84 bits per heavy atom. The number of nitrogen functional groups attached to an aromatic ring is 1. The van der Waals surface area contributed by atoms with Gasteiger partial charge in [-0.2, -0.15) is 5.10 Å². The third-order valence-electron chi connectivity index (χ3n) is 3.31. The van der Waals surface area contributed by atoms with Crippen LogP contribution in [0.5, 0.6) is 0 Å². The Kier molecular flexibility index (Phi) is 2.74. The van der Waals surface area contributed by atoms with E-state index in [1.165, 1.54) is 6.20 Å². The first-order valence-electron chi connectivity index (χ1n) is 6.37. The van der Waals surface area contributed by atoms with Gasteiger partial charge in [-0.15, -0.1) is 0 Å². The average Bonchev–Trinajstić information content (AvgIpc) is 3.12. The minimum atomic E-state index is -0.139. The molecule has 0 saturated heterocycles. The average molecular weight is 256 g/mol. The summed E-state index contributed by atoms with van der Waals surface area (Å²) in [4.78, 5) is 12.0. The zero-order valence-electron chi connectivity index (χ0n) is 10.8. The molecule has 3 N–H and O–H groups in total. The molecule has 0 atom stereocenters. The first kappa shape index (κ1) is 11.8. The van der Waals surface area contributed by atoms with Gasteiger partial charge >= 0.3 is 0 Å². The molecular weight excluding hydrogens is 240 g/mol. The van der Waals surface area contributed by atoms with Gasteiger partial charge in [0.15, 0.2) is 0 Å². The van der Waals surface area contributed by atoms with E-state index in [0.29, 0.717) is 17.4 Å². The lowest BCUT2D eigenvalue weighted by Gasteiger charge is -2.08. The Labute approximate surface area is 111 Å². The molecule has 5 heteroatoms. The lowest BCUT2D eigenvalue weighted by atomic mass is 10.2. The minimum Gasteiger partial charge on any atom is -0.383 e. The molecule has 19 heavy (non-hydrogen) atoms. The zero-order chi connectivity index (χ0) is 13.4. The van der Waals surface area contributed by atoms with E-state index < -0.39 is 0 Å². The number of carbonyl (C=O) groups is 1. The van der Waals surface area contributed by atoms with Crippen LogP contribution in [0.2, 0.25) is 0 Å². The highest BCUT2D eigenvalue weighted by molar-refractivity contribution is 5.98. The number of benzene rings is 1. The van der Waals surface area contributed by atoms with Crippen molar-refractivity contribution < 1.29 is 4.79 Å². The predicted molar refractivity (Wildman–Crippen MR) is 73.2 cm³/mol. The van der Waals surface area contributed by atoms with Crippen LogP contribution in [0.25, 0.3) is 5.69 Å². The van der Waals surface area contributed by atoms with Crippen LogP contribution in [-0.4, -0.2) is 21.7 Å². The van der Waals surface area contributed by atoms with Crippen molar-refractivity contribution in [3.63, 3.8) is 0 Å². The predicted octanol–water partition coefficient (Wildman–Crippen LogP) is 1.66. The van der Waals surface area contributed by atoms with Gasteiger partial charge in [0.25, 0.3) is 5.91 Å². The van der Waals surface area contributed by atoms with Gasteiger partial charge in [-0.1, -0.05) is 18.2 Å². The monoisotopic (exact) mass is 256 g/mol. The summed E-state index contributed by atoms with van der Waals surface area (Å²) in [5.74, 6) is 0.243. The maximum absolute atomic E-state index is 12.0. The molecule has 1 heterocycles. The van der Waals surface area contributed by atoms with Crippen LogP contribution in [0.4, 0.5) is 5.82 Å². The molecule has 2 aromatic rings. The lowest BCUT2D eigenvalue weighted by Crippen LogP contribution is -2.25. The quantitative estimate of drug-likeness (QED) is 0.877. The van der Waals surface area contributed by atoms with E-state index in [2.05, 4.69) is 10.4 Å². The number of hydrogen-bond acceptors (Lipinski definition) is 3. The molecule has 0 spiro atoms. The summed E-state index contributed by atoms with van der Waals surface area (Å²) in [7, 11) is 0. The summed E-state index contributed by atoms with van der Waals surface area (Å²) < 4.78 is 1.61. The normalized spacial score (nSPS) is 14.4. The molecule has 1 aromatic carbocycles. The van der Waals surface area contributed by atoms with Crippen LogP contribution in [0.3, 0.4) is 0 Å². The summed E-state index contributed by atoms with van der Waals surface area (Å²) in [6.07, 6.45) is 3.63. The zero-order valence-corrected chi connectivity index (χ0v) is 10.8. The van der Waals surface area contributed by atoms with Gasteiger partial charge in [-0.25, -0.2) is 4.68 Å². The molecular formula is C14H16N4O. The summed E-state index contributed by atoms with van der Waals surface area (Å²) >= 11 is 0. The van der Waals surface area contributed by atoms with E-state index in [1.54, 1.807) is 4.68 Å². The topological polar surface area (TPSA) is 72.9 Å². The molecule has 1 fully saturated rings. The van der Waals surface area contributed by atoms with Gasteiger partial charge in [0.1, 0.15) is 11.4 Å². The lowest BCUT2D eigenvalue weighted by molar-refractivity contribution is 0.0952. The number of amides is 1. The number of anilines is 1. The summed E-state index contributed by atoms with van der Waals surface area (Å²) in [6, 6.07) is 8.11. The fourth-order valence-corrected chi connectivity index (χ4v) is 2.02. The second-order valence-corrected chi connectivity index (χ2v) is 4.89. The van der Waals surface area contributed by atoms with E-state index in [4.69, 9.17) is 5.73 Å². The molecule has 5 nitrogen and oxygen atoms in total. The van der Waals surface area contributed by atoms with Crippen molar-refractivity contribution in [2.45, 2.75) is 25.8 Å². The highest BCUT2D eigenvalue weighted by Gasteiger charge is 2.26. The van der Waals surface area contributed by atoms with Crippen molar-refractivity contribution in [2.24, 2.45) is 0 Å². The van der Waals surface area contributed by atoms with Crippen molar-refractivity contribution in [3.8, 4) is 5.69 Å². The van der Waals surface area contributed by atoms with Gasteiger partial charge < -0.3 is 11.1 Å². The van der Waals surface area contributed by atoms with Crippen LogP contribution < -0.4 is 11.1 Å². The number of nitrogens with zero attached hydrogens (tertiary/aromatic N) is 2. The van der Waals surface area contributed by atoms with Crippen molar-refractivity contribution in [1.82, 2.24) is 15.1 Å². The molecule has 0 aliphatic heterocycles.